The van der Waals surface area contributed by atoms with E-state index in [1.54, 1.807) is 6.07 Å². The Balaban J connectivity index is 2.24. The lowest BCUT2D eigenvalue weighted by atomic mass is 10.0. The fraction of sp³-hybridized carbons (Fsp3) is 0.571. The third-order valence-electron chi connectivity index (χ3n) is 2.86. The maximum absolute atomic E-state index is 9.44. The van der Waals surface area contributed by atoms with Crippen LogP contribution in [0.2, 0.25) is 5.02 Å². The van der Waals surface area contributed by atoms with E-state index in [9.17, 15) is 5.11 Å². The average molecular weight is 241 g/mol. The number of unbranched alkanes of at least 4 members (excludes halogenated alkanes) is 5. The number of hydrogen-bond donors (Lipinski definition) is 1. The highest BCUT2D eigenvalue weighted by Crippen LogP contribution is 2.27. The fourth-order valence-corrected chi connectivity index (χ4v) is 2.08. The van der Waals surface area contributed by atoms with Gasteiger partial charge in [0.25, 0.3) is 0 Å². The van der Waals surface area contributed by atoms with E-state index in [1.807, 2.05) is 12.1 Å². The maximum atomic E-state index is 9.44. The molecule has 0 unspecified atom stereocenters. The predicted molar refractivity (Wildman–Crippen MR) is 70.2 cm³/mol. The van der Waals surface area contributed by atoms with Crippen LogP contribution in [0.15, 0.2) is 18.2 Å². The molecule has 0 aliphatic carbocycles. The Morgan fingerprint density at radius 1 is 1.06 bits per heavy atom. The average Bonchev–Trinajstić information content (AvgIpc) is 2.29. The van der Waals surface area contributed by atoms with Crippen LogP contribution in [0.25, 0.3) is 0 Å². The van der Waals surface area contributed by atoms with Gasteiger partial charge in [-0.1, -0.05) is 62.8 Å². The molecule has 0 aliphatic rings. The molecule has 0 aliphatic heterocycles. The molecule has 1 aromatic rings. The summed E-state index contributed by atoms with van der Waals surface area (Å²) in [6, 6.07) is 5.48. The SMILES string of the molecule is CCCCCCCCc1cccc(O)c1Cl. The smallest absolute Gasteiger partial charge is 0.134 e. The molecule has 0 radical (unpaired) electrons. The summed E-state index contributed by atoms with van der Waals surface area (Å²) in [7, 11) is 0. The Morgan fingerprint density at radius 3 is 2.50 bits per heavy atom. The van der Waals surface area contributed by atoms with Crippen LogP contribution >= 0.6 is 11.6 Å². The largest absolute Gasteiger partial charge is 0.506 e. The van der Waals surface area contributed by atoms with Crippen molar-refractivity contribution in [1.82, 2.24) is 0 Å². The normalized spacial score (nSPS) is 10.6. The highest BCUT2D eigenvalue weighted by atomic mass is 35.5. The second kappa shape index (κ2) is 7.56. The van der Waals surface area contributed by atoms with Gasteiger partial charge < -0.3 is 5.11 Å². The van der Waals surface area contributed by atoms with Crippen molar-refractivity contribution in [3.63, 3.8) is 0 Å². The highest BCUT2D eigenvalue weighted by molar-refractivity contribution is 6.32. The van der Waals surface area contributed by atoms with Crippen molar-refractivity contribution in [3.8, 4) is 5.75 Å². The van der Waals surface area contributed by atoms with Crippen molar-refractivity contribution in [2.45, 2.75) is 51.9 Å². The quantitative estimate of drug-likeness (QED) is 0.669. The Bertz CT molecular complexity index is 310. The van der Waals surface area contributed by atoms with Gasteiger partial charge in [-0.2, -0.15) is 0 Å². The summed E-state index contributed by atoms with van der Waals surface area (Å²) in [5.74, 6) is 0.199. The van der Waals surface area contributed by atoms with Gasteiger partial charge in [0.2, 0.25) is 0 Å². The number of aromatic hydroxyl groups is 1. The van der Waals surface area contributed by atoms with E-state index in [4.69, 9.17) is 11.6 Å². The number of rotatable bonds is 7. The number of phenols is 1. The fourth-order valence-electron chi connectivity index (χ4n) is 1.86. The van der Waals surface area contributed by atoms with Crippen LogP contribution in [0.1, 0.15) is 51.0 Å². The van der Waals surface area contributed by atoms with E-state index in [2.05, 4.69) is 6.92 Å². The standard InChI is InChI=1S/C14H21ClO/c1-2-3-4-5-6-7-9-12-10-8-11-13(16)14(12)15/h8,10-11,16H,2-7,9H2,1H3. The van der Waals surface area contributed by atoms with Crippen LogP contribution in [-0.4, -0.2) is 5.11 Å². The third-order valence-corrected chi connectivity index (χ3v) is 3.29. The van der Waals surface area contributed by atoms with Crippen molar-refractivity contribution in [1.29, 1.82) is 0 Å². The molecule has 1 rings (SSSR count). The molecule has 0 spiro atoms. The van der Waals surface area contributed by atoms with Crippen LogP contribution < -0.4 is 0 Å². The maximum Gasteiger partial charge on any atom is 0.134 e. The van der Waals surface area contributed by atoms with Crippen LogP contribution in [0, 0.1) is 0 Å². The zero-order chi connectivity index (χ0) is 11.8. The molecule has 0 fully saturated rings. The van der Waals surface area contributed by atoms with Crippen LogP contribution in [-0.2, 0) is 6.42 Å². The molecule has 1 N–H and O–H groups in total. The lowest BCUT2D eigenvalue weighted by molar-refractivity contribution is 0.474. The first kappa shape index (κ1) is 13.4. The summed E-state index contributed by atoms with van der Waals surface area (Å²) in [5.41, 5.74) is 1.07. The van der Waals surface area contributed by atoms with Gasteiger partial charge in [-0.15, -0.1) is 0 Å². The molecule has 0 bridgehead atoms. The monoisotopic (exact) mass is 240 g/mol. The van der Waals surface area contributed by atoms with Crippen LogP contribution in [0.3, 0.4) is 0 Å². The third kappa shape index (κ3) is 4.44. The zero-order valence-electron chi connectivity index (χ0n) is 10.0. The molecule has 0 saturated carbocycles. The second-order valence-corrected chi connectivity index (χ2v) is 4.65. The first-order valence-corrected chi connectivity index (χ1v) is 6.60. The first-order chi connectivity index (χ1) is 7.75. The Morgan fingerprint density at radius 2 is 1.75 bits per heavy atom. The Hall–Kier alpha value is -0.690. The van der Waals surface area contributed by atoms with Crippen molar-refractivity contribution < 1.29 is 5.11 Å². The van der Waals surface area contributed by atoms with Crippen molar-refractivity contribution in [2.75, 3.05) is 0 Å². The minimum atomic E-state index is 0.199. The summed E-state index contributed by atoms with van der Waals surface area (Å²) >= 11 is 6.01. The Labute approximate surface area is 103 Å². The van der Waals surface area contributed by atoms with E-state index in [0.717, 1.165) is 18.4 Å². The predicted octanol–water partition coefficient (Wildman–Crippen LogP) is 4.95. The number of halogens is 1. The van der Waals surface area contributed by atoms with Crippen molar-refractivity contribution in [2.24, 2.45) is 0 Å². The molecule has 90 valence electrons. The van der Waals surface area contributed by atoms with Crippen molar-refractivity contribution in [3.05, 3.63) is 28.8 Å². The van der Waals surface area contributed by atoms with Gasteiger partial charge >= 0.3 is 0 Å². The second-order valence-electron chi connectivity index (χ2n) is 4.27. The first-order valence-electron chi connectivity index (χ1n) is 6.22. The number of phenolic OH excluding ortho intramolecular Hbond substituents is 1. The van der Waals surface area contributed by atoms with Gasteiger partial charge in [0, 0.05) is 0 Å². The summed E-state index contributed by atoms with van der Waals surface area (Å²) < 4.78 is 0. The molecule has 1 aromatic carbocycles. The number of benzene rings is 1. The van der Waals surface area contributed by atoms with E-state index in [1.165, 1.54) is 32.1 Å². The molecule has 0 aromatic heterocycles. The molecule has 0 amide bonds. The molecular formula is C14H21ClO. The van der Waals surface area contributed by atoms with Gasteiger partial charge in [0.1, 0.15) is 5.75 Å². The van der Waals surface area contributed by atoms with Gasteiger partial charge in [0.15, 0.2) is 0 Å². The Kier molecular flexibility index (Phi) is 6.32. The molecule has 2 heteroatoms. The summed E-state index contributed by atoms with van der Waals surface area (Å²) in [4.78, 5) is 0. The zero-order valence-corrected chi connectivity index (χ0v) is 10.8. The minimum Gasteiger partial charge on any atom is -0.506 e. The van der Waals surface area contributed by atoms with Crippen molar-refractivity contribution >= 4 is 11.6 Å². The van der Waals surface area contributed by atoms with Gasteiger partial charge in [-0.25, -0.2) is 0 Å². The number of hydrogen-bond acceptors (Lipinski definition) is 1. The molecule has 0 heterocycles. The molecule has 16 heavy (non-hydrogen) atoms. The molecular weight excluding hydrogens is 220 g/mol. The summed E-state index contributed by atoms with van der Waals surface area (Å²) in [6.45, 7) is 2.23. The molecule has 0 atom stereocenters. The highest BCUT2D eigenvalue weighted by Gasteiger charge is 2.03. The van der Waals surface area contributed by atoms with E-state index < -0.39 is 0 Å². The summed E-state index contributed by atoms with van der Waals surface area (Å²) in [5, 5.41) is 9.96. The minimum absolute atomic E-state index is 0.199. The van der Waals surface area contributed by atoms with Gasteiger partial charge in [-0.3, -0.25) is 0 Å². The van der Waals surface area contributed by atoms with E-state index in [-0.39, 0.29) is 5.75 Å². The lowest BCUT2D eigenvalue weighted by Crippen LogP contribution is -1.88. The van der Waals surface area contributed by atoms with Crippen LogP contribution in [0.4, 0.5) is 0 Å². The number of aryl methyl sites for hydroxylation is 1. The lowest BCUT2D eigenvalue weighted by Gasteiger charge is -2.05. The topological polar surface area (TPSA) is 20.2 Å². The van der Waals surface area contributed by atoms with Gasteiger partial charge in [-0.05, 0) is 24.5 Å². The van der Waals surface area contributed by atoms with E-state index in [0.29, 0.717) is 5.02 Å². The van der Waals surface area contributed by atoms with Crippen LogP contribution in [0.5, 0.6) is 5.75 Å². The molecule has 1 nitrogen and oxygen atoms in total. The molecule has 0 saturated heterocycles. The summed E-state index contributed by atoms with van der Waals surface area (Å²) in [6.07, 6.45) is 8.66. The van der Waals surface area contributed by atoms with E-state index >= 15 is 0 Å². The van der Waals surface area contributed by atoms with Gasteiger partial charge in [0.05, 0.1) is 5.02 Å².